The van der Waals surface area contributed by atoms with Gasteiger partial charge in [-0.1, -0.05) is 47.6 Å². The lowest BCUT2D eigenvalue weighted by Gasteiger charge is -2.10. The van der Waals surface area contributed by atoms with Gasteiger partial charge in [-0.2, -0.15) is 5.10 Å². The molecule has 0 saturated heterocycles. The van der Waals surface area contributed by atoms with Gasteiger partial charge < -0.3 is 10.2 Å². The summed E-state index contributed by atoms with van der Waals surface area (Å²) >= 11 is 0. The highest BCUT2D eigenvalue weighted by Gasteiger charge is 2.28. The predicted molar refractivity (Wildman–Crippen MR) is 95.7 cm³/mol. The van der Waals surface area contributed by atoms with Crippen molar-refractivity contribution in [2.24, 2.45) is 5.16 Å². The Balaban J connectivity index is 1.35. The summed E-state index contributed by atoms with van der Waals surface area (Å²) in [7, 11) is 0. The summed E-state index contributed by atoms with van der Waals surface area (Å²) in [6.45, 7) is 0.405. The molecule has 1 N–H and O–H groups in total. The van der Waals surface area contributed by atoms with Crippen LogP contribution in [0.5, 0.6) is 0 Å². The van der Waals surface area contributed by atoms with Crippen molar-refractivity contribution in [1.29, 1.82) is 0 Å². The number of hydrogen-bond donors (Lipinski definition) is 1. The maximum Gasteiger partial charge on any atom is 0.264 e. The Hall–Kier alpha value is -3.48. The molecule has 130 valence electrons. The summed E-state index contributed by atoms with van der Waals surface area (Å²) in [5.74, 6) is -0.175. The molecule has 3 aromatic rings. The Morgan fingerprint density at radius 3 is 2.88 bits per heavy atom. The van der Waals surface area contributed by atoms with Gasteiger partial charge in [-0.05, 0) is 23.3 Å². The van der Waals surface area contributed by atoms with Crippen LogP contribution in [0, 0.1) is 0 Å². The number of carbonyl (C=O) groups excluding carboxylic acids is 1. The van der Waals surface area contributed by atoms with Crippen molar-refractivity contribution in [3.05, 3.63) is 78.4 Å². The van der Waals surface area contributed by atoms with E-state index in [4.69, 9.17) is 4.84 Å². The Morgan fingerprint density at radius 2 is 2.08 bits per heavy atom. The Kier molecular flexibility index (Phi) is 4.42. The molecular formula is C19H17N5O2. The highest BCUT2D eigenvalue weighted by atomic mass is 16.6. The molecule has 0 spiro atoms. The van der Waals surface area contributed by atoms with Crippen LogP contribution in [-0.2, 0) is 16.2 Å². The number of carbonyl (C=O) groups is 1. The van der Waals surface area contributed by atoms with E-state index >= 15 is 0 Å². The zero-order chi connectivity index (χ0) is 17.8. The Bertz CT molecular complexity index is 922. The van der Waals surface area contributed by atoms with E-state index in [2.05, 4.69) is 20.6 Å². The number of oxime groups is 1. The van der Waals surface area contributed by atoms with Crippen LogP contribution >= 0.6 is 0 Å². The molecule has 0 radical (unpaired) electrons. The van der Waals surface area contributed by atoms with E-state index in [1.54, 1.807) is 11.0 Å². The Morgan fingerprint density at radius 1 is 1.19 bits per heavy atom. The maximum atomic E-state index is 12.4. The van der Waals surface area contributed by atoms with Crippen LogP contribution < -0.4 is 5.32 Å². The second kappa shape index (κ2) is 7.18. The molecule has 1 aliphatic heterocycles. The van der Waals surface area contributed by atoms with Crippen LogP contribution in [0.1, 0.15) is 17.5 Å². The van der Waals surface area contributed by atoms with Crippen LogP contribution in [0.2, 0.25) is 0 Å². The predicted octanol–water partition coefficient (Wildman–Crippen LogP) is 2.08. The van der Waals surface area contributed by atoms with E-state index in [0.717, 1.165) is 22.5 Å². The first-order chi connectivity index (χ1) is 12.8. The summed E-state index contributed by atoms with van der Waals surface area (Å²) in [6.07, 6.45) is 2.99. The minimum Gasteiger partial charge on any atom is -0.382 e. The quantitative estimate of drug-likeness (QED) is 0.766. The van der Waals surface area contributed by atoms with E-state index in [-0.39, 0.29) is 5.91 Å². The van der Waals surface area contributed by atoms with Crippen LogP contribution in [0.15, 0.2) is 72.4 Å². The first-order valence-electron chi connectivity index (χ1n) is 8.29. The number of nitrogens with zero attached hydrogens (tertiary/aromatic N) is 4. The van der Waals surface area contributed by atoms with E-state index in [1.807, 2.05) is 54.6 Å². The zero-order valence-electron chi connectivity index (χ0n) is 13.9. The molecule has 2 aromatic carbocycles. The van der Waals surface area contributed by atoms with Crippen molar-refractivity contribution in [2.75, 3.05) is 0 Å². The molecule has 26 heavy (non-hydrogen) atoms. The van der Waals surface area contributed by atoms with Crippen LogP contribution in [-0.4, -0.2) is 32.5 Å². The third-order valence-corrected chi connectivity index (χ3v) is 4.13. The monoisotopic (exact) mass is 347 g/mol. The fourth-order valence-electron chi connectivity index (χ4n) is 2.77. The SMILES string of the molecule is O=C(NCc1cccc(-n2cncn2)c1)[C@@H]1CC(c2ccccc2)=NO1. The minimum atomic E-state index is -0.594. The number of rotatable bonds is 5. The maximum absolute atomic E-state index is 12.4. The summed E-state index contributed by atoms with van der Waals surface area (Å²) in [4.78, 5) is 21.6. The van der Waals surface area contributed by atoms with Gasteiger partial charge in [-0.15, -0.1) is 0 Å². The third kappa shape index (κ3) is 3.46. The number of aromatic nitrogens is 3. The first-order valence-corrected chi connectivity index (χ1v) is 8.29. The molecule has 0 aliphatic carbocycles. The van der Waals surface area contributed by atoms with E-state index < -0.39 is 6.10 Å². The molecule has 0 unspecified atom stereocenters. The van der Waals surface area contributed by atoms with Gasteiger partial charge in [-0.25, -0.2) is 9.67 Å². The molecule has 7 nitrogen and oxygen atoms in total. The second-order valence-electron chi connectivity index (χ2n) is 5.93. The third-order valence-electron chi connectivity index (χ3n) is 4.13. The lowest BCUT2D eigenvalue weighted by atomic mass is 10.0. The van der Waals surface area contributed by atoms with Gasteiger partial charge in [0.2, 0.25) is 6.10 Å². The molecule has 4 rings (SSSR count). The number of nitrogens with one attached hydrogen (secondary N) is 1. The van der Waals surface area contributed by atoms with Crippen molar-refractivity contribution < 1.29 is 9.63 Å². The summed E-state index contributed by atoms with van der Waals surface area (Å²) in [5.41, 5.74) is 3.62. The van der Waals surface area contributed by atoms with Crippen molar-refractivity contribution in [2.45, 2.75) is 19.1 Å². The lowest BCUT2D eigenvalue weighted by Crippen LogP contribution is -2.34. The highest BCUT2D eigenvalue weighted by Crippen LogP contribution is 2.17. The molecule has 0 fully saturated rings. The highest BCUT2D eigenvalue weighted by molar-refractivity contribution is 6.04. The lowest BCUT2D eigenvalue weighted by molar-refractivity contribution is -0.131. The number of benzene rings is 2. The molecular weight excluding hydrogens is 330 g/mol. The molecule has 7 heteroatoms. The van der Waals surface area contributed by atoms with Crippen molar-refractivity contribution in [3.63, 3.8) is 0 Å². The van der Waals surface area contributed by atoms with Gasteiger partial charge >= 0.3 is 0 Å². The zero-order valence-corrected chi connectivity index (χ0v) is 13.9. The fraction of sp³-hybridized carbons (Fsp3) is 0.158. The molecule has 0 saturated carbocycles. The number of hydrogen-bond acceptors (Lipinski definition) is 5. The minimum absolute atomic E-state index is 0.175. The van der Waals surface area contributed by atoms with Gasteiger partial charge in [0.1, 0.15) is 12.7 Å². The molecule has 1 atom stereocenters. The van der Waals surface area contributed by atoms with E-state index in [9.17, 15) is 4.79 Å². The van der Waals surface area contributed by atoms with Crippen molar-refractivity contribution >= 4 is 11.6 Å². The topological polar surface area (TPSA) is 81.4 Å². The first kappa shape index (κ1) is 16.0. The molecule has 1 aromatic heterocycles. The van der Waals surface area contributed by atoms with E-state index in [1.165, 1.54) is 6.33 Å². The summed E-state index contributed by atoms with van der Waals surface area (Å²) < 4.78 is 1.67. The van der Waals surface area contributed by atoms with Gasteiger partial charge in [0.15, 0.2) is 0 Å². The standard InChI is InChI=1S/C19H17N5O2/c25-19(18-10-17(23-26-18)15-6-2-1-3-7-15)21-11-14-5-4-8-16(9-14)24-13-20-12-22-24/h1-9,12-13,18H,10-11H2,(H,21,25)/t18-/m0/s1. The fourth-order valence-corrected chi connectivity index (χ4v) is 2.77. The number of amides is 1. The molecule has 0 bridgehead atoms. The van der Waals surface area contributed by atoms with Crippen LogP contribution in [0.3, 0.4) is 0 Å². The molecule has 2 heterocycles. The van der Waals surface area contributed by atoms with Gasteiger partial charge in [-0.3, -0.25) is 4.79 Å². The Labute approximate surface area is 150 Å². The summed E-state index contributed by atoms with van der Waals surface area (Å²) in [6, 6.07) is 17.5. The average molecular weight is 347 g/mol. The van der Waals surface area contributed by atoms with Crippen molar-refractivity contribution in [3.8, 4) is 5.69 Å². The van der Waals surface area contributed by atoms with Crippen LogP contribution in [0.4, 0.5) is 0 Å². The average Bonchev–Trinajstić information content (AvgIpc) is 3.39. The van der Waals surface area contributed by atoms with Crippen LogP contribution in [0.25, 0.3) is 5.69 Å². The largest absolute Gasteiger partial charge is 0.382 e. The molecule has 1 amide bonds. The molecule has 1 aliphatic rings. The smallest absolute Gasteiger partial charge is 0.264 e. The van der Waals surface area contributed by atoms with Gasteiger partial charge in [0.05, 0.1) is 11.4 Å². The summed E-state index contributed by atoms with van der Waals surface area (Å²) in [5, 5.41) is 11.1. The van der Waals surface area contributed by atoms with E-state index in [0.29, 0.717) is 13.0 Å². The second-order valence-corrected chi connectivity index (χ2v) is 5.93. The van der Waals surface area contributed by atoms with Crippen molar-refractivity contribution in [1.82, 2.24) is 20.1 Å². The normalized spacial score (nSPS) is 16.0. The van der Waals surface area contributed by atoms with Gasteiger partial charge in [0, 0.05) is 13.0 Å². The van der Waals surface area contributed by atoms with Gasteiger partial charge in [0.25, 0.3) is 5.91 Å².